The fourth-order valence-corrected chi connectivity index (χ4v) is 4.39. The number of amides is 1. The molecule has 0 aromatic heterocycles. The van der Waals surface area contributed by atoms with Crippen molar-refractivity contribution in [3.63, 3.8) is 0 Å². The lowest BCUT2D eigenvalue weighted by atomic mass is 9.78. The Morgan fingerprint density at radius 3 is 2.58 bits per heavy atom. The van der Waals surface area contributed by atoms with E-state index in [1.165, 1.54) is 16.8 Å². The second-order valence-corrected chi connectivity index (χ2v) is 8.05. The Balaban J connectivity index is 2.07. The molecule has 2 aromatic rings. The molecule has 1 amide bonds. The van der Waals surface area contributed by atoms with E-state index in [1.807, 2.05) is 13.0 Å². The Morgan fingerprint density at radius 2 is 1.92 bits per heavy atom. The molecule has 0 aliphatic carbocycles. The number of carbonyl (C=O) groups excluding carboxylic acids is 1. The van der Waals surface area contributed by atoms with Gasteiger partial charge in [0.1, 0.15) is 0 Å². The van der Waals surface area contributed by atoms with Crippen LogP contribution in [0, 0.1) is 0 Å². The number of rotatable bonds is 4. The molecule has 3 nitrogen and oxygen atoms in total. The van der Waals surface area contributed by atoms with Gasteiger partial charge in [-0.15, -0.1) is 0 Å². The second-order valence-electron chi connectivity index (χ2n) is 8.05. The molecule has 3 rings (SSSR count). The first-order valence-electron chi connectivity index (χ1n) is 9.61. The second kappa shape index (κ2) is 7.14. The highest BCUT2D eigenvalue weighted by Crippen LogP contribution is 2.48. The van der Waals surface area contributed by atoms with Crippen molar-refractivity contribution in [2.45, 2.75) is 65.0 Å². The van der Waals surface area contributed by atoms with Crippen LogP contribution in [0.5, 0.6) is 0 Å². The first kappa shape index (κ1) is 18.5. The van der Waals surface area contributed by atoms with Gasteiger partial charge < -0.3 is 10.2 Å². The maximum Gasteiger partial charge on any atom is 0.224 e. The molecule has 0 spiro atoms. The van der Waals surface area contributed by atoms with E-state index in [9.17, 15) is 4.79 Å². The van der Waals surface area contributed by atoms with E-state index in [0.29, 0.717) is 12.3 Å². The summed E-state index contributed by atoms with van der Waals surface area (Å²) in [6.07, 6.45) is 1.60. The lowest BCUT2D eigenvalue weighted by Gasteiger charge is -2.50. The molecule has 0 saturated carbocycles. The van der Waals surface area contributed by atoms with Crippen molar-refractivity contribution >= 4 is 17.3 Å². The van der Waals surface area contributed by atoms with E-state index < -0.39 is 0 Å². The number of nitrogens with one attached hydrogen (secondary N) is 1. The zero-order valence-electron chi connectivity index (χ0n) is 16.5. The predicted octanol–water partition coefficient (Wildman–Crippen LogP) is 5.89. The summed E-state index contributed by atoms with van der Waals surface area (Å²) in [4.78, 5) is 14.4. The number of hydrogen-bond donors (Lipinski definition) is 1. The molecule has 1 aliphatic rings. The maximum absolute atomic E-state index is 11.9. The zero-order valence-corrected chi connectivity index (χ0v) is 16.5. The van der Waals surface area contributed by atoms with Crippen molar-refractivity contribution in [1.82, 2.24) is 0 Å². The number of hydrogen-bond acceptors (Lipinski definition) is 2. The number of anilines is 2. The lowest BCUT2D eigenvalue weighted by molar-refractivity contribution is -0.115. The van der Waals surface area contributed by atoms with Crippen LogP contribution in [0.2, 0.25) is 0 Å². The largest absolute Gasteiger partial charge is 0.359 e. The first-order chi connectivity index (χ1) is 12.3. The SMILES string of the molecule is CCC(=O)Nc1ccc2c(c1)N(C(C)c1ccccc1)C(C)(C)CC2C. The highest BCUT2D eigenvalue weighted by molar-refractivity contribution is 5.91. The van der Waals surface area contributed by atoms with Crippen LogP contribution >= 0.6 is 0 Å². The summed E-state index contributed by atoms with van der Waals surface area (Å²) in [7, 11) is 0. The van der Waals surface area contributed by atoms with E-state index >= 15 is 0 Å². The normalized spacial score (nSPS) is 19.6. The van der Waals surface area contributed by atoms with Crippen molar-refractivity contribution in [1.29, 1.82) is 0 Å². The Hall–Kier alpha value is -2.29. The Kier molecular flexibility index (Phi) is 5.08. The number of carbonyl (C=O) groups is 1. The van der Waals surface area contributed by atoms with E-state index in [-0.39, 0.29) is 17.5 Å². The number of benzene rings is 2. The van der Waals surface area contributed by atoms with Crippen LogP contribution in [0.25, 0.3) is 0 Å². The summed E-state index contributed by atoms with van der Waals surface area (Å²) in [6.45, 7) is 11.1. The Bertz CT molecular complexity index is 782. The molecule has 2 atom stereocenters. The molecule has 0 saturated heterocycles. The number of nitrogens with zero attached hydrogens (tertiary/aromatic N) is 1. The minimum absolute atomic E-state index is 0.0368. The van der Waals surface area contributed by atoms with Crippen LogP contribution in [-0.4, -0.2) is 11.4 Å². The summed E-state index contributed by atoms with van der Waals surface area (Å²) in [5, 5.41) is 3.02. The van der Waals surface area contributed by atoms with Gasteiger partial charge in [-0.2, -0.15) is 0 Å². The summed E-state index contributed by atoms with van der Waals surface area (Å²) < 4.78 is 0. The van der Waals surface area contributed by atoms with Gasteiger partial charge in [0.15, 0.2) is 0 Å². The molecule has 1 aliphatic heterocycles. The third kappa shape index (κ3) is 3.48. The van der Waals surface area contributed by atoms with E-state index in [4.69, 9.17) is 0 Å². The smallest absolute Gasteiger partial charge is 0.224 e. The van der Waals surface area contributed by atoms with Crippen molar-refractivity contribution in [2.75, 3.05) is 10.2 Å². The average molecular weight is 351 g/mol. The summed E-state index contributed by atoms with van der Waals surface area (Å²) in [5.41, 5.74) is 4.82. The van der Waals surface area contributed by atoms with Crippen LogP contribution in [-0.2, 0) is 4.79 Å². The Labute approximate surface area is 157 Å². The molecule has 138 valence electrons. The van der Waals surface area contributed by atoms with E-state index in [0.717, 1.165) is 12.1 Å². The standard InChI is InChI=1S/C23H30N2O/c1-6-22(26)24-19-12-13-20-16(2)15-23(4,5)25(21(20)14-19)17(3)18-10-8-7-9-11-18/h7-14,16-17H,6,15H2,1-5H3,(H,24,26). The summed E-state index contributed by atoms with van der Waals surface area (Å²) in [5.74, 6) is 0.547. The molecule has 0 fully saturated rings. The van der Waals surface area contributed by atoms with Crippen LogP contribution < -0.4 is 10.2 Å². The summed E-state index contributed by atoms with van der Waals surface area (Å²) in [6, 6.07) is 17.3. The van der Waals surface area contributed by atoms with Crippen LogP contribution in [0.1, 0.15) is 70.5 Å². The first-order valence-corrected chi connectivity index (χ1v) is 9.61. The third-order valence-electron chi connectivity index (χ3n) is 5.55. The van der Waals surface area contributed by atoms with Gasteiger partial charge in [0, 0.05) is 23.3 Å². The summed E-state index contributed by atoms with van der Waals surface area (Å²) >= 11 is 0. The molecular formula is C23H30N2O. The molecule has 2 unspecified atom stereocenters. The lowest BCUT2D eigenvalue weighted by Crippen LogP contribution is -2.49. The monoisotopic (exact) mass is 350 g/mol. The fourth-order valence-electron chi connectivity index (χ4n) is 4.39. The molecular weight excluding hydrogens is 320 g/mol. The van der Waals surface area contributed by atoms with Crippen LogP contribution in [0.3, 0.4) is 0 Å². The van der Waals surface area contributed by atoms with E-state index in [2.05, 4.69) is 80.4 Å². The van der Waals surface area contributed by atoms with Gasteiger partial charge in [-0.25, -0.2) is 0 Å². The van der Waals surface area contributed by atoms with Gasteiger partial charge in [-0.3, -0.25) is 4.79 Å². The molecule has 1 N–H and O–H groups in total. The maximum atomic E-state index is 11.9. The molecule has 0 bridgehead atoms. The van der Waals surface area contributed by atoms with Crippen LogP contribution in [0.4, 0.5) is 11.4 Å². The van der Waals surface area contributed by atoms with Gasteiger partial charge in [0.2, 0.25) is 5.91 Å². The third-order valence-corrected chi connectivity index (χ3v) is 5.55. The Morgan fingerprint density at radius 1 is 1.23 bits per heavy atom. The van der Waals surface area contributed by atoms with Crippen molar-refractivity contribution in [2.24, 2.45) is 0 Å². The van der Waals surface area contributed by atoms with E-state index in [1.54, 1.807) is 0 Å². The number of fused-ring (bicyclic) bond motifs is 1. The van der Waals surface area contributed by atoms with Crippen LogP contribution in [0.15, 0.2) is 48.5 Å². The van der Waals surface area contributed by atoms with Crippen molar-refractivity contribution < 1.29 is 4.79 Å². The van der Waals surface area contributed by atoms with Gasteiger partial charge in [0.25, 0.3) is 0 Å². The molecule has 0 radical (unpaired) electrons. The quantitative estimate of drug-likeness (QED) is 0.746. The van der Waals surface area contributed by atoms with Gasteiger partial charge >= 0.3 is 0 Å². The van der Waals surface area contributed by atoms with Gasteiger partial charge in [-0.1, -0.05) is 50.2 Å². The van der Waals surface area contributed by atoms with Gasteiger partial charge in [0.05, 0.1) is 6.04 Å². The zero-order chi connectivity index (χ0) is 18.9. The highest BCUT2D eigenvalue weighted by atomic mass is 16.1. The molecule has 3 heteroatoms. The minimum atomic E-state index is 0.0368. The topological polar surface area (TPSA) is 32.3 Å². The predicted molar refractivity (Wildman–Crippen MR) is 110 cm³/mol. The molecule has 26 heavy (non-hydrogen) atoms. The molecule has 1 heterocycles. The molecule has 2 aromatic carbocycles. The highest BCUT2D eigenvalue weighted by Gasteiger charge is 2.39. The van der Waals surface area contributed by atoms with Gasteiger partial charge in [-0.05, 0) is 56.4 Å². The average Bonchev–Trinajstić information content (AvgIpc) is 2.61. The van der Waals surface area contributed by atoms with Crippen molar-refractivity contribution in [3.8, 4) is 0 Å². The minimum Gasteiger partial charge on any atom is -0.359 e. The van der Waals surface area contributed by atoms with Crippen molar-refractivity contribution in [3.05, 3.63) is 59.7 Å². The fraction of sp³-hybridized carbons (Fsp3) is 0.435.